The van der Waals surface area contributed by atoms with Gasteiger partial charge in [-0.25, -0.2) is 4.98 Å². The van der Waals surface area contributed by atoms with Crippen LogP contribution in [0.15, 0.2) is 30.5 Å². The van der Waals surface area contributed by atoms with Crippen LogP contribution in [0.25, 0.3) is 17.1 Å². The quantitative estimate of drug-likeness (QED) is 0.521. The molecule has 4 rings (SSSR count). The number of ether oxygens (including phenoxy) is 1. The van der Waals surface area contributed by atoms with Gasteiger partial charge in [-0.3, -0.25) is 9.36 Å². The number of benzene rings is 1. The molecule has 3 heterocycles. The summed E-state index contributed by atoms with van der Waals surface area (Å²) in [5.74, 6) is 0.617. The number of rotatable bonds is 6. The number of morpholine rings is 1. The Kier molecular flexibility index (Phi) is 6.45. The van der Waals surface area contributed by atoms with Crippen molar-refractivity contribution in [3.8, 4) is 28.6 Å². The van der Waals surface area contributed by atoms with Gasteiger partial charge in [-0.15, -0.1) is 10.2 Å². The number of aromatic nitrogens is 4. The van der Waals surface area contributed by atoms with Crippen LogP contribution in [0.2, 0.25) is 0 Å². The van der Waals surface area contributed by atoms with Gasteiger partial charge in [0.15, 0.2) is 5.82 Å². The van der Waals surface area contributed by atoms with E-state index in [0.29, 0.717) is 36.6 Å². The van der Waals surface area contributed by atoms with E-state index in [1.807, 2.05) is 32.9 Å². The molecule has 0 aliphatic carbocycles. The molecule has 1 aromatic carbocycles. The summed E-state index contributed by atoms with van der Waals surface area (Å²) in [7, 11) is 0. The minimum absolute atomic E-state index is 0.00204. The maximum atomic E-state index is 12.7. The minimum Gasteiger partial charge on any atom is -0.508 e. The first-order valence-corrected chi connectivity index (χ1v) is 11.0. The van der Waals surface area contributed by atoms with Gasteiger partial charge in [-0.2, -0.15) is 0 Å². The molecule has 174 valence electrons. The zero-order valence-electron chi connectivity index (χ0n) is 18.9. The van der Waals surface area contributed by atoms with Crippen LogP contribution in [0, 0.1) is 0 Å². The van der Waals surface area contributed by atoms with Crippen LogP contribution in [0.3, 0.4) is 0 Å². The average molecular weight is 453 g/mol. The second-order valence-electron chi connectivity index (χ2n) is 8.10. The fraction of sp³-hybridized carbons (Fsp3) is 0.391. The molecule has 3 aromatic rings. The van der Waals surface area contributed by atoms with Crippen LogP contribution < -0.4 is 10.2 Å². The van der Waals surface area contributed by atoms with E-state index in [1.165, 1.54) is 6.07 Å². The van der Waals surface area contributed by atoms with E-state index in [4.69, 9.17) is 4.74 Å². The number of aromatic hydroxyl groups is 2. The highest BCUT2D eigenvalue weighted by atomic mass is 16.5. The molecular formula is C23H28N6O4. The van der Waals surface area contributed by atoms with E-state index in [0.717, 1.165) is 18.9 Å². The summed E-state index contributed by atoms with van der Waals surface area (Å²) in [5.41, 5.74) is 1.58. The standard InChI is InChI=1S/C23H28N6O4/c1-4-24-23(32)22-27-26-21(17-11-16(14(2)3)18(30)12-19(17)31)29(22)15-5-6-20(25-13-15)28-7-9-33-10-8-28/h5-6,11-14,30-31H,4,7-10H2,1-3H3,(H,24,32). The number of pyridine rings is 1. The molecule has 0 atom stereocenters. The first-order valence-electron chi connectivity index (χ1n) is 11.0. The minimum atomic E-state index is -0.393. The highest BCUT2D eigenvalue weighted by Gasteiger charge is 2.24. The molecule has 1 aliphatic rings. The first-order chi connectivity index (χ1) is 15.9. The lowest BCUT2D eigenvalue weighted by atomic mass is 9.98. The number of hydrogen-bond donors (Lipinski definition) is 3. The van der Waals surface area contributed by atoms with E-state index in [-0.39, 0.29) is 29.1 Å². The van der Waals surface area contributed by atoms with Crippen LogP contribution in [-0.2, 0) is 4.74 Å². The molecule has 0 unspecified atom stereocenters. The molecule has 0 saturated carbocycles. The lowest BCUT2D eigenvalue weighted by Gasteiger charge is -2.27. The normalized spacial score (nSPS) is 14.0. The molecule has 1 aliphatic heterocycles. The van der Waals surface area contributed by atoms with Crippen LogP contribution in [0.4, 0.5) is 5.82 Å². The molecule has 3 N–H and O–H groups in total. The first kappa shape index (κ1) is 22.5. The number of carbonyl (C=O) groups excluding carboxylic acids is 1. The second kappa shape index (κ2) is 9.45. The number of anilines is 1. The van der Waals surface area contributed by atoms with Crippen molar-refractivity contribution in [1.82, 2.24) is 25.1 Å². The number of hydrogen-bond acceptors (Lipinski definition) is 8. The van der Waals surface area contributed by atoms with E-state index >= 15 is 0 Å². The average Bonchev–Trinajstić information content (AvgIpc) is 3.25. The van der Waals surface area contributed by atoms with Crippen molar-refractivity contribution in [2.45, 2.75) is 26.7 Å². The monoisotopic (exact) mass is 452 g/mol. The number of carbonyl (C=O) groups is 1. The lowest BCUT2D eigenvalue weighted by molar-refractivity contribution is 0.0943. The van der Waals surface area contributed by atoms with Gasteiger partial charge >= 0.3 is 0 Å². The van der Waals surface area contributed by atoms with Gasteiger partial charge in [0.2, 0.25) is 5.82 Å². The summed E-state index contributed by atoms with van der Waals surface area (Å²) in [6.45, 7) is 8.94. The fourth-order valence-corrected chi connectivity index (χ4v) is 3.82. The summed E-state index contributed by atoms with van der Waals surface area (Å²) in [4.78, 5) is 19.4. The lowest BCUT2D eigenvalue weighted by Crippen LogP contribution is -2.36. The molecule has 0 spiro atoms. The van der Waals surface area contributed by atoms with Crippen molar-refractivity contribution in [2.75, 3.05) is 37.7 Å². The maximum absolute atomic E-state index is 12.7. The SMILES string of the molecule is CCNC(=O)c1nnc(-c2cc(C(C)C)c(O)cc2O)n1-c1ccc(N2CCOCC2)nc1. The molecule has 10 heteroatoms. The van der Waals surface area contributed by atoms with Crippen molar-refractivity contribution in [3.05, 3.63) is 41.9 Å². The Morgan fingerprint density at radius 3 is 2.55 bits per heavy atom. The predicted molar refractivity (Wildman–Crippen MR) is 123 cm³/mol. The highest BCUT2D eigenvalue weighted by molar-refractivity contribution is 5.92. The largest absolute Gasteiger partial charge is 0.508 e. The summed E-state index contributed by atoms with van der Waals surface area (Å²) < 4.78 is 6.97. The Labute approximate surface area is 191 Å². The number of amides is 1. The van der Waals surface area contributed by atoms with Crippen LogP contribution in [0.5, 0.6) is 11.5 Å². The molecule has 2 aromatic heterocycles. The smallest absolute Gasteiger partial charge is 0.289 e. The Morgan fingerprint density at radius 2 is 1.91 bits per heavy atom. The number of phenols is 2. The third-order valence-electron chi connectivity index (χ3n) is 5.54. The third kappa shape index (κ3) is 4.47. The van der Waals surface area contributed by atoms with Gasteiger partial charge in [0, 0.05) is 25.7 Å². The topological polar surface area (TPSA) is 126 Å². The van der Waals surface area contributed by atoms with Gasteiger partial charge in [-0.1, -0.05) is 13.8 Å². The second-order valence-corrected chi connectivity index (χ2v) is 8.10. The molecular weight excluding hydrogens is 424 g/mol. The molecule has 33 heavy (non-hydrogen) atoms. The van der Waals surface area contributed by atoms with Crippen molar-refractivity contribution >= 4 is 11.7 Å². The predicted octanol–water partition coefficient (Wildman–Crippen LogP) is 2.45. The summed E-state index contributed by atoms with van der Waals surface area (Å²) in [6.07, 6.45) is 1.65. The Bertz CT molecular complexity index is 1140. The van der Waals surface area contributed by atoms with Gasteiger partial charge in [-0.05, 0) is 36.6 Å². The Balaban J connectivity index is 1.82. The van der Waals surface area contributed by atoms with Gasteiger partial charge in [0.05, 0.1) is 30.7 Å². The summed E-state index contributed by atoms with van der Waals surface area (Å²) in [5, 5.41) is 31.9. The molecule has 1 fully saturated rings. The number of nitrogens with one attached hydrogen (secondary N) is 1. The third-order valence-corrected chi connectivity index (χ3v) is 5.54. The Morgan fingerprint density at radius 1 is 1.15 bits per heavy atom. The zero-order chi connectivity index (χ0) is 23.5. The number of nitrogens with zero attached hydrogens (tertiary/aromatic N) is 5. The summed E-state index contributed by atoms with van der Waals surface area (Å²) in [6, 6.07) is 6.68. The van der Waals surface area contributed by atoms with Crippen LogP contribution in [-0.4, -0.2) is 68.7 Å². The molecule has 10 nitrogen and oxygen atoms in total. The van der Waals surface area contributed by atoms with E-state index in [9.17, 15) is 15.0 Å². The molecule has 1 amide bonds. The number of phenolic OH excluding ortho intramolecular Hbond substituents is 2. The van der Waals surface area contributed by atoms with E-state index < -0.39 is 5.91 Å². The molecule has 0 bridgehead atoms. The fourth-order valence-electron chi connectivity index (χ4n) is 3.82. The molecule has 1 saturated heterocycles. The van der Waals surface area contributed by atoms with Crippen molar-refractivity contribution in [2.24, 2.45) is 0 Å². The van der Waals surface area contributed by atoms with E-state index in [1.54, 1.807) is 16.8 Å². The van der Waals surface area contributed by atoms with Crippen LogP contribution >= 0.6 is 0 Å². The van der Waals surface area contributed by atoms with Crippen LogP contribution in [0.1, 0.15) is 42.9 Å². The van der Waals surface area contributed by atoms with Crippen molar-refractivity contribution in [3.63, 3.8) is 0 Å². The van der Waals surface area contributed by atoms with Crippen molar-refractivity contribution < 1.29 is 19.7 Å². The zero-order valence-corrected chi connectivity index (χ0v) is 18.9. The van der Waals surface area contributed by atoms with Gasteiger partial charge in [0.1, 0.15) is 17.3 Å². The van der Waals surface area contributed by atoms with Crippen molar-refractivity contribution in [1.29, 1.82) is 0 Å². The van der Waals surface area contributed by atoms with E-state index in [2.05, 4.69) is 25.4 Å². The molecule has 0 radical (unpaired) electrons. The van der Waals surface area contributed by atoms with Gasteiger partial charge in [0.25, 0.3) is 5.91 Å². The Hall–Kier alpha value is -3.66. The highest BCUT2D eigenvalue weighted by Crippen LogP contribution is 2.38. The maximum Gasteiger partial charge on any atom is 0.289 e. The van der Waals surface area contributed by atoms with Gasteiger partial charge < -0.3 is 25.2 Å². The summed E-state index contributed by atoms with van der Waals surface area (Å²) >= 11 is 0.